The van der Waals surface area contributed by atoms with Gasteiger partial charge in [-0.25, -0.2) is 4.79 Å². The van der Waals surface area contributed by atoms with Gasteiger partial charge in [0.05, 0.1) is 6.61 Å². The van der Waals surface area contributed by atoms with Gasteiger partial charge in [0, 0.05) is 13.0 Å². The molecule has 15 heavy (non-hydrogen) atoms. The molecule has 3 amide bonds. The number of carboxylic acid groups (broad SMARTS) is 1. The van der Waals surface area contributed by atoms with Crippen LogP contribution in [0, 0.1) is 0 Å². The molecule has 0 bridgehead atoms. The van der Waals surface area contributed by atoms with Gasteiger partial charge in [-0.3, -0.25) is 19.8 Å². The van der Waals surface area contributed by atoms with Gasteiger partial charge in [-0.15, -0.1) is 0 Å². The van der Waals surface area contributed by atoms with Crippen molar-refractivity contribution in [2.75, 3.05) is 19.8 Å². The van der Waals surface area contributed by atoms with Crippen LogP contribution in [0.5, 0.6) is 0 Å². The monoisotopic (exact) mass is 214 g/mol. The van der Waals surface area contributed by atoms with Crippen LogP contribution in [0.25, 0.3) is 0 Å². The highest BCUT2D eigenvalue weighted by molar-refractivity contribution is 6.08. The van der Waals surface area contributed by atoms with Crippen molar-refractivity contribution in [1.29, 1.82) is 0 Å². The fourth-order valence-corrected chi connectivity index (χ4v) is 1.90. The van der Waals surface area contributed by atoms with Crippen LogP contribution in [-0.2, 0) is 14.3 Å². The van der Waals surface area contributed by atoms with Crippen molar-refractivity contribution in [2.24, 2.45) is 0 Å². The van der Waals surface area contributed by atoms with Crippen LogP contribution in [0.15, 0.2) is 0 Å². The number of carbonyl (C=O) groups excluding carboxylic acids is 2. The maximum Gasteiger partial charge on any atom is 0.325 e. The lowest BCUT2D eigenvalue weighted by atomic mass is 9.97. The van der Waals surface area contributed by atoms with Crippen LogP contribution in [-0.4, -0.2) is 53.2 Å². The molecular formula is C8H10N2O5. The summed E-state index contributed by atoms with van der Waals surface area (Å²) in [5.41, 5.74) is -1.10. The minimum atomic E-state index is -1.15. The Balaban J connectivity index is 2.28. The molecule has 2 aliphatic rings. The summed E-state index contributed by atoms with van der Waals surface area (Å²) in [4.78, 5) is 34.5. The molecule has 1 unspecified atom stereocenters. The summed E-state index contributed by atoms with van der Waals surface area (Å²) in [6, 6.07) is -0.659. The summed E-state index contributed by atoms with van der Waals surface area (Å²) < 4.78 is 5.07. The molecule has 7 nitrogen and oxygen atoms in total. The highest BCUT2D eigenvalue weighted by atomic mass is 16.5. The van der Waals surface area contributed by atoms with Crippen LogP contribution in [0.1, 0.15) is 6.42 Å². The van der Waals surface area contributed by atoms with Crippen molar-refractivity contribution in [1.82, 2.24) is 10.2 Å². The van der Waals surface area contributed by atoms with E-state index in [1.807, 2.05) is 0 Å². The van der Waals surface area contributed by atoms with Gasteiger partial charge < -0.3 is 9.84 Å². The van der Waals surface area contributed by atoms with Gasteiger partial charge in [0.15, 0.2) is 0 Å². The number of urea groups is 1. The molecule has 0 aromatic carbocycles. The number of nitrogens with zero attached hydrogens (tertiary/aromatic N) is 1. The summed E-state index contributed by atoms with van der Waals surface area (Å²) in [6.45, 7) is -0.0599. The number of carboxylic acids is 1. The van der Waals surface area contributed by atoms with E-state index in [2.05, 4.69) is 5.32 Å². The number of aliphatic carboxylic acids is 1. The molecule has 0 saturated carbocycles. The fraction of sp³-hybridized carbons (Fsp3) is 0.625. The zero-order chi connectivity index (χ0) is 11.1. The third kappa shape index (κ3) is 1.35. The molecule has 7 heteroatoms. The molecule has 0 aromatic rings. The molecule has 2 rings (SSSR count). The molecule has 2 heterocycles. The molecule has 0 aromatic heterocycles. The number of hydrogen-bond acceptors (Lipinski definition) is 4. The van der Waals surface area contributed by atoms with Crippen LogP contribution in [0.4, 0.5) is 4.79 Å². The second kappa shape index (κ2) is 3.20. The zero-order valence-corrected chi connectivity index (χ0v) is 7.86. The first-order valence-electron chi connectivity index (χ1n) is 4.49. The third-order valence-corrected chi connectivity index (χ3v) is 2.70. The van der Waals surface area contributed by atoms with Crippen molar-refractivity contribution >= 4 is 17.9 Å². The fourth-order valence-electron chi connectivity index (χ4n) is 1.90. The lowest BCUT2D eigenvalue weighted by molar-refractivity contribution is -0.139. The summed E-state index contributed by atoms with van der Waals surface area (Å²) >= 11 is 0. The highest BCUT2D eigenvalue weighted by Gasteiger charge is 2.55. The van der Waals surface area contributed by atoms with Crippen molar-refractivity contribution < 1.29 is 24.2 Å². The van der Waals surface area contributed by atoms with Gasteiger partial charge in [0.25, 0.3) is 5.91 Å². The number of imide groups is 1. The maximum absolute atomic E-state index is 11.6. The predicted molar refractivity (Wildman–Crippen MR) is 46.0 cm³/mol. The number of carbonyl (C=O) groups is 3. The van der Waals surface area contributed by atoms with Crippen molar-refractivity contribution in [3.8, 4) is 0 Å². The topological polar surface area (TPSA) is 95.9 Å². The third-order valence-electron chi connectivity index (χ3n) is 2.70. The van der Waals surface area contributed by atoms with Gasteiger partial charge in [-0.2, -0.15) is 0 Å². The molecule has 82 valence electrons. The van der Waals surface area contributed by atoms with E-state index in [1.54, 1.807) is 0 Å². The minimum absolute atomic E-state index is 0.0673. The Morgan fingerprint density at radius 2 is 2.33 bits per heavy atom. The molecule has 0 radical (unpaired) electrons. The van der Waals surface area contributed by atoms with Crippen molar-refractivity contribution in [3.05, 3.63) is 0 Å². The first-order valence-corrected chi connectivity index (χ1v) is 4.49. The van der Waals surface area contributed by atoms with Crippen LogP contribution < -0.4 is 5.32 Å². The lowest BCUT2D eigenvalue weighted by Gasteiger charge is -2.28. The first kappa shape index (κ1) is 9.91. The second-order valence-corrected chi connectivity index (χ2v) is 3.57. The molecule has 2 aliphatic heterocycles. The molecule has 0 aliphatic carbocycles. The van der Waals surface area contributed by atoms with Crippen LogP contribution >= 0.6 is 0 Å². The van der Waals surface area contributed by atoms with E-state index in [0.717, 1.165) is 4.90 Å². The van der Waals surface area contributed by atoms with Gasteiger partial charge in [0.1, 0.15) is 12.1 Å². The van der Waals surface area contributed by atoms with Gasteiger partial charge in [-0.05, 0) is 0 Å². The summed E-state index contributed by atoms with van der Waals surface area (Å²) in [7, 11) is 0. The maximum atomic E-state index is 11.6. The number of nitrogens with one attached hydrogen (secondary N) is 1. The van der Waals surface area contributed by atoms with E-state index in [9.17, 15) is 14.4 Å². The Morgan fingerprint density at radius 3 is 2.87 bits per heavy atom. The molecule has 1 spiro atoms. The highest BCUT2D eigenvalue weighted by Crippen LogP contribution is 2.30. The quantitative estimate of drug-likeness (QED) is 0.562. The van der Waals surface area contributed by atoms with Gasteiger partial charge >= 0.3 is 12.0 Å². The van der Waals surface area contributed by atoms with E-state index in [1.165, 1.54) is 0 Å². The molecule has 2 N–H and O–H groups in total. The van der Waals surface area contributed by atoms with Crippen LogP contribution in [0.2, 0.25) is 0 Å². The summed E-state index contributed by atoms with van der Waals surface area (Å²) in [5, 5.41) is 10.8. The Bertz CT molecular complexity index is 334. The lowest BCUT2D eigenvalue weighted by Crippen LogP contribution is -2.52. The molecule has 2 fully saturated rings. The first-order chi connectivity index (χ1) is 7.06. The molecular weight excluding hydrogens is 204 g/mol. The Kier molecular flexibility index (Phi) is 2.11. The smallest absolute Gasteiger partial charge is 0.325 e. The number of hydrogen-bond donors (Lipinski definition) is 2. The SMILES string of the molecule is O=C(O)CN1C(=O)NC(=O)C12CCOC2. The van der Waals surface area contributed by atoms with Gasteiger partial charge in [0.2, 0.25) is 0 Å². The van der Waals surface area contributed by atoms with E-state index < -0.39 is 30.0 Å². The van der Waals surface area contributed by atoms with Crippen molar-refractivity contribution in [3.63, 3.8) is 0 Å². The minimum Gasteiger partial charge on any atom is -0.480 e. The predicted octanol–water partition coefficient (Wildman–Crippen LogP) is -1.22. The number of amides is 3. The molecule has 2 saturated heterocycles. The largest absolute Gasteiger partial charge is 0.480 e. The zero-order valence-electron chi connectivity index (χ0n) is 7.86. The number of ether oxygens (including phenoxy) is 1. The Hall–Kier alpha value is -1.63. The van der Waals surface area contributed by atoms with E-state index in [-0.39, 0.29) is 6.61 Å². The molecule has 1 atom stereocenters. The van der Waals surface area contributed by atoms with E-state index in [0.29, 0.717) is 13.0 Å². The average molecular weight is 214 g/mol. The van der Waals surface area contributed by atoms with E-state index in [4.69, 9.17) is 9.84 Å². The Morgan fingerprint density at radius 1 is 1.60 bits per heavy atom. The van der Waals surface area contributed by atoms with E-state index >= 15 is 0 Å². The standard InChI is InChI=1S/C8H10N2O5/c11-5(12)3-10-7(14)9-6(13)8(10)1-2-15-4-8/h1-4H2,(H,11,12)(H,9,13,14). The van der Waals surface area contributed by atoms with Crippen molar-refractivity contribution in [2.45, 2.75) is 12.0 Å². The normalized spacial score (nSPS) is 30.0. The summed E-state index contributed by atoms with van der Waals surface area (Å²) in [6.07, 6.45) is 0.345. The summed E-state index contributed by atoms with van der Waals surface area (Å²) in [5.74, 6) is -1.61. The number of rotatable bonds is 2. The second-order valence-electron chi connectivity index (χ2n) is 3.57. The van der Waals surface area contributed by atoms with Crippen LogP contribution in [0.3, 0.4) is 0 Å². The van der Waals surface area contributed by atoms with Gasteiger partial charge in [-0.1, -0.05) is 0 Å². The average Bonchev–Trinajstić information content (AvgIpc) is 2.69. The Labute approximate surface area is 85.0 Å².